The molecule has 98 valence electrons. The zero-order chi connectivity index (χ0) is 13.2. The fourth-order valence-electron chi connectivity index (χ4n) is 2.71. The van der Waals surface area contributed by atoms with Gasteiger partial charge in [-0.1, -0.05) is 44.2 Å². The van der Waals surface area contributed by atoms with E-state index in [1.54, 1.807) is 0 Å². The van der Waals surface area contributed by atoms with Crippen molar-refractivity contribution in [3.63, 3.8) is 0 Å². The van der Waals surface area contributed by atoms with Crippen LogP contribution in [0.25, 0.3) is 11.1 Å². The molecule has 1 heterocycles. The van der Waals surface area contributed by atoms with Crippen molar-refractivity contribution in [3.8, 4) is 11.1 Å². The number of rotatable bonds is 2. The Bertz CT molecular complexity index is 567. The van der Waals surface area contributed by atoms with Crippen LogP contribution >= 0.6 is 0 Å². The Morgan fingerprint density at radius 1 is 0.947 bits per heavy atom. The second-order valence-electron chi connectivity index (χ2n) is 5.68. The molecule has 0 fully saturated rings. The van der Waals surface area contributed by atoms with Crippen molar-refractivity contribution >= 4 is 5.69 Å². The zero-order valence-electron chi connectivity index (χ0n) is 11.7. The smallest absolute Gasteiger partial charge is 0.0373 e. The minimum absolute atomic E-state index is 0.599. The van der Waals surface area contributed by atoms with E-state index in [0.29, 0.717) is 5.92 Å². The number of hydrogen-bond acceptors (Lipinski definition) is 1. The van der Waals surface area contributed by atoms with Crippen LogP contribution in [0.5, 0.6) is 0 Å². The lowest BCUT2D eigenvalue weighted by atomic mass is 9.95. The van der Waals surface area contributed by atoms with E-state index in [0.717, 1.165) is 6.54 Å². The summed E-state index contributed by atoms with van der Waals surface area (Å²) in [6, 6.07) is 15.8. The average molecular weight is 251 g/mol. The Morgan fingerprint density at radius 2 is 1.68 bits per heavy atom. The first-order valence-corrected chi connectivity index (χ1v) is 7.21. The standard InChI is InChI=1S/C18H21N/c1-13(2)14-5-7-15(8-6-14)16-9-10-18-17(12-16)4-3-11-19-18/h5-10,12-13,19H,3-4,11H2,1-2H3. The second-order valence-corrected chi connectivity index (χ2v) is 5.68. The lowest BCUT2D eigenvalue weighted by molar-refractivity contribution is 0.830. The van der Waals surface area contributed by atoms with Crippen LogP contribution in [0.15, 0.2) is 42.5 Å². The summed E-state index contributed by atoms with van der Waals surface area (Å²) in [5.74, 6) is 0.599. The first-order chi connectivity index (χ1) is 9.24. The summed E-state index contributed by atoms with van der Waals surface area (Å²) in [6.07, 6.45) is 2.43. The molecule has 1 nitrogen and oxygen atoms in total. The molecule has 0 bridgehead atoms. The molecule has 1 aliphatic rings. The molecule has 1 aliphatic heterocycles. The number of hydrogen-bond donors (Lipinski definition) is 1. The fraction of sp³-hybridized carbons (Fsp3) is 0.333. The van der Waals surface area contributed by atoms with Crippen LogP contribution in [0.1, 0.15) is 37.3 Å². The van der Waals surface area contributed by atoms with E-state index in [2.05, 4.69) is 61.6 Å². The third-order valence-corrected chi connectivity index (χ3v) is 3.95. The Hall–Kier alpha value is -1.76. The molecule has 0 unspecified atom stereocenters. The number of nitrogens with one attached hydrogen (secondary N) is 1. The van der Waals surface area contributed by atoms with Crippen molar-refractivity contribution in [3.05, 3.63) is 53.6 Å². The summed E-state index contributed by atoms with van der Waals surface area (Å²) in [5, 5.41) is 3.47. The van der Waals surface area contributed by atoms with Gasteiger partial charge in [-0.3, -0.25) is 0 Å². The minimum Gasteiger partial charge on any atom is -0.385 e. The lowest BCUT2D eigenvalue weighted by Gasteiger charge is -2.18. The van der Waals surface area contributed by atoms with E-state index in [-0.39, 0.29) is 0 Å². The van der Waals surface area contributed by atoms with Gasteiger partial charge in [-0.05, 0) is 53.1 Å². The predicted octanol–water partition coefficient (Wildman–Crippen LogP) is 4.84. The van der Waals surface area contributed by atoms with Crippen LogP contribution in [0.4, 0.5) is 5.69 Å². The highest BCUT2D eigenvalue weighted by Crippen LogP contribution is 2.29. The van der Waals surface area contributed by atoms with E-state index < -0.39 is 0 Å². The molecular weight excluding hydrogens is 230 g/mol. The van der Waals surface area contributed by atoms with Crippen LogP contribution < -0.4 is 5.32 Å². The number of anilines is 1. The van der Waals surface area contributed by atoms with Gasteiger partial charge in [-0.25, -0.2) is 0 Å². The molecule has 19 heavy (non-hydrogen) atoms. The third-order valence-electron chi connectivity index (χ3n) is 3.95. The second kappa shape index (κ2) is 5.08. The Labute approximate surface area is 115 Å². The van der Waals surface area contributed by atoms with Gasteiger partial charge in [0.25, 0.3) is 0 Å². The maximum atomic E-state index is 3.47. The van der Waals surface area contributed by atoms with Crippen molar-refractivity contribution < 1.29 is 0 Å². The van der Waals surface area contributed by atoms with Crippen molar-refractivity contribution in [2.75, 3.05) is 11.9 Å². The van der Waals surface area contributed by atoms with E-state index >= 15 is 0 Å². The molecule has 0 saturated heterocycles. The minimum atomic E-state index is 0.599. The molecule has 0 radical (unpaired) electrons. The van der Waals surface area contributed by atoms with Crippen LogP contribution in [0.3, 0.4) is 0 Å². The van der Waals surface area contributed by atoms with Gasteiger partial charge in [-0.2, -0.15) is 0 Å². The van der Waals surface area contributed by atoms with Gasteiger partial charge in [0.2, 0.25) is 0 Å². The zero-order valence-corrected chi connectivity index (χ0v) is 11.7. The van der Waals surface area contributed by atoms with E-state index in [9.17, 15) is 0 Å². The van der Waals surface area contributed by atoms with Crippen LogP contribution in [0.2, 0.25) is 0 Å². The summed E-state index contributed by atoms with van der Waals surface area (Å²) in [4.78, 5) is 0. The Kier molecular flexibility index (Phi) is 3.29. The van der Waals surface area contributed by atoms with Crippen molar-refractivity contribution in [2.24, 2.45) is 0 Å². The van der Waals surface area contributed by atoms with E-state index in [1.165, 1.54) is 40.8 Å². The lowest BCUT2D eigenvalue weighted by Crippen LogP contribution is -2.11. The molecule has 0 aromatic heterocycles. The molecule has 1 heteroatoms. The van der Waals surface area contributed by atoms with Crippen LogP contribution in [-0.4, -0.2) is 6.54 Å². The van der Waals surface area contributed by atoms with Crippen molar-refractivity contribution in [1.82, 2.24) is 0 Å². The third kappa shape index (κ3) is 2.51. The van der Waals surface area contributed by atoms with Crippen molar-refractivity contribution in [1.29, 1.82) is 0 Å². The summed E-state index contributed by atoms with van der Waals surface area (Å²) >= 11 is 0. The molecule has 0 aliphatic carbocycles. The number of benzene rings is 2. The number of aryl methyl sites for hydroxylation is 1. The molecule has 2 aromatic carbocycles. The maximum Gasteiger partial charge on any atom is 0.0373 e. The topological polar surface area (TPSA) is 12.0 Å². The van der Waals surface area contributed by atoms with Gasteiger partial charge in [-0.15, -0.1) is 0 Å². The van der Waals surface area contributed by atoms with Crippen molar-refractivity contribution in [2.45, 2.75) is 32.6 Å². The maximum absolute atomic E-state index is 3.47. The molecule has 0 amide bonds. The molecule has 0 spiro atoms. The Balaban J connectivity index is 1.93. The quantitative estimate of drug-likeness (QED) is 0.805. The fourth-order valence-corrected chi connectivity index (χ4v) is 2.71. The van der Waals surface area contributed by atoms with Gasteiger partial charge in [0.05, 0.1) is 0 Å². The summed E-state index contributed by atoms with van der Waals surface area (Å²) in [7, 11) is 0. The van der Waals surface area contributed by atoms with Gasteiger partial charge in [0.15, 0.2) is 0 Å². The van der Waals surface area contributed by atoms with E-state index in [4.69, 9.17) is 0 Å². The van der Waals surface area contributed by atoms with Crippen LogP contribution in [-0.2, 0) is 6.42 Å². The first kappa shape index (κ1) is 12.3. The van der Waals surface area contributed by atoms with Gasteiger partial charge in [0, 0.05) is 12.2 Å². The largest absolute Gasteiger partial charge is 0.385 e. The Morgan fingerprint density at radius 3 is 2.42 bits per heavy atom. The van der Waals surface area contributed by atoms with Crippen LogP contribution in [0, 0.1) is 0 Å². The van der Waals surface area contributed by atoms with Gasteiger partial charge in [0.1, 0.15) is 0 Å². The first-order valence-electron chi connectivity index (χ1n) is 7.21. The summed E-state index contributed by atoms with van der Waals surface area (Å²) in [6.45, 7) is 5.58. The molecule has 0 atom stereocenters. The molecular formula is C18H21N. The normalized spacial score (nSPS) is 14.1. The molecule has 1 N–H and O–H groups in total. The van der Waals surface area contributed by atoms with Gasteiger partial charge >= 0.3 is 0 Å². The molecule has 3 rings (SSSR count). The summed E-state index contributed by atoms with van der Waals surface area (Å²) in [5.41, 5.74) is 6.82. The average Bonchev–Trinajstić information content (AvgIpc) is 2.47. The number of fused-ring (bicyclic) bond motifs is 1. The summed E-state index contributed by atoms with van der Waals surface area (Å²) < 4.78 is 0. The highest BCUT2D eigenvalue weighted by Gasteiger charge is 2.09. The SMILES string of the molecule is CC(C)c1ccc(-c2ccc3c(c2)CCCN3)cc1. The predicted molar refractivity (Wildman–Crippen MR) is 82.8 cm³/mol. The monoisotopic (exact) mass is 251 g/mol. The highest BCUT2D eigenvalue weighted by molar-refractivity contribution is 5.69. The molecule has 2 aromatic rings. The van der Waals surface area contributed by atoms with Gasteiger partial charge < -0.3 is 5.32 Å². The highest BCUT2D eigenvalue weighted by atomic mass is 14.9. The molecule has 0 saturated carbocycles. The van der Waals surface area contributed by atoms with E-state index in [1.807, 2.05) is 0 Å².